The molecule has 1 atom stereocenters. The van der Waals surface area contributed by atoms with Crippen molar-refractivity contribution in [3.8, 4) is 0 Å². The molecule has 2 aliphatic rings. The minimum atomic E-state index is 0.109. The van der Waals surface area contributed by atoms with Crippen LogP contribution in [0.5, 0.6) is 0 Å². The summed E-state index contributed by atoms with van der Waals surface area (Å²) in [6, 6.07) is 0.845. The molecule has 2 saturated carbocycles. The first-order valence-corrected chi connectivity index (χ1v) is 10.0. The van der Waals surface area contributed by atoms with E-state index < -0.39 is 0 Å². The van der Waals surface area contributed by atoms with Crippen molar-refractivity contribution in [3.63, 3.8) is 0 Å². The predicted octanol–water partition coefficient (Wildman–Crippen LogP) is 3.67. The van der Waals surface area contributed by atoms with Crippen molar-refractivity contribution in [2.45, 2.75) is 88.4 Å². The van der Waals surface area contributed by atoms with E-state index >= 15 is 0 Å². The Morgan fingerprint density at radius 2 is 2.09 bits per heavy atom. The third kappa shape index (κ3) is 4.72. The van der Waals surface area contributed by atoms with E-state index in [2.05, 4.69) is 33.9 Å². The highest BCUT2D eigenvalue weighted by Gasteiger charge is 2.36. The minimum absolute atomic E-state index is 0.109. The maximum atomic E-state index is 12.1. The van der Waals surface area contributed by atoms with Crippen LogP contribution in [-0.4, -0.2) is 32.5 Å². The van der Waals surface area contributed by atoms with E-state index in [0.717, 1.165) is 17.4 Å². The van der Waals surface area contributed by atoms with Crippen molar-refractivity contribution >= 4 is 17.7 Å². The van der Waals surface area contributed by atoms with Gasteiger partial charge in [-0.1, -0.05) is 37.9 Å². The van der Waals surface area contributed by atoms with E-state index in [1.165, 1.54) is 56.7 Å². The Labute approximate surface area is 143 Å². The first kappa shape index (κ1) is 16.8. The van der Waals surface area contributed by atoms with Crippen LogP contribution in [0.1, 0.15) is 83.0 Å². The smallest absolute Gasteiger partial charge is 0.230 e. The molecule has 1 aromatic heterocycles. The second-order valence-corrected chi connectivity index (χ2v) is 7.91. The van der Waals surface area contributed by atoms with Gasteiger partial charge in [0, 0.05) is 18.0 Å². The molecule has 1 amide bonds. The summed E-state index contributed by atoms with van der Waals surface area (Å²) in [5.41, 5.74) is 0. The van der Waals surface area contributed by atoms with Crippen LogP contribution in [-0.2, 0) is 4.79 Å². The zero-order valence-corrected chi connectivity index (χ0v) is 15.1. The number of hydrogen-bond donors (Lipinski definition) is 1. The van der Waals surface area contributed by atoms with Crippen molar-refractivity contribution in [2.75, 3.05) is 5.75 Å². The molecule has 0 aliphatic heterocycles. The van der Waals surface area contributed by atoms with Crippen LogP contribution in [0, 0.1) is 0 Å². The van der Waals surface area contributed by atoms with Gasteiger partial charge in [-0.25, -0.2) is 0 Å². The Morgan fingerprint density at radius 3 is 2.74 bits per heavy atom. The first-order chi connectivity index (χ1) is 11.2. The molecular weight excluding hydrogens is 308 g/mol. The lowest BCUT2D eigenvalue weighted by Gasteiger charge is -2.13. The molecule has 128 valence electrons. The summed E-state index contributed by atoms with van der Waals surface area (Å²) in [6.45, 7) is 4.29. The molecule has 1 aromatic rings. The maximum absolute atomic E-state index is 12.1. The topological polar surface area (TPSA) is 59.8 Å². The fraction of sp³-hybridized carbons (Fsp3) is 0.824. The Hall–Kier alpha value is -1.04. The second-order valence-electron chi connectivity index (χ2n) is 6.97. The number of aromatic nitrogens is 3. The van der Waals surface area contributed by atoms with Crippen LogP contribution in [0.25, 0.3) is 0 Å². The lowest BCUT2D eigenvalue weighted by Crippen LogP contribution is -2.33. The van der Waals surface area contributed by atoms with Gasteiger partial charge in [0.05, 0.1) is 5.75 Å². The Balaban J connectivity index is 1.47. The molecule has 0 aromatic carbocycles. The zero-order chi connectivity index (χ0) is 16.2. The summed E-state index contributed by atoms with van der Waals surface area (Å²) in [6.07, 6.45) is 9.65. The van der Waals surface area contributed by atoms with Gasteiger partial charge in [0.1, 0.15) is 5.82 Å². The van der Waals surface area contributed by atoms with Crippen molar-refractivity contribution in [1.29, 1.82) is 0 Å². The van der Waals surface area contributed by atoms with Crippen LogP contribution < -0.4 is 5.32 Å². The van der Waals surface area contributed by atoms with Crippen LogP contribution >= 0.6 is 11.8 Å². The molecule has 0 saturated heterocycles. The van der Waals surface area contributed by atoms with E-state index in [1.807, 2.05) is 0 Å². The SMILES string of the molecule is CCCCCC(C)NC(=O)CSc1nnc(C2CC2)n1C1CC1. The molecule has 2 aliphatic carbocycles. The summed E-state index contributed by atoms with van der Waals surface area (Å²) in [5.74, 6) is 2.32. The summed E-state index contributed by atoms with van der Waals surface area (Å²) >= 11 is 1.54. The normalized spacial score (nSPS) is 18.9. The maximum Gasteiger partial charge on any atom is 0.230 e. The van der Waals surface area contributed by atoms with Crippen molar-refractivity contribution in [1.82, 2.24) is 20.1 Å². The number of thioether (sulfide) groups is 1. The molecule has 5 nitrogen and oxygen atoms in total. The van der Waals surface area contributed by atoms with E-state index in [-0.39, 0.29) is 11.9 Å². The number of nitrogens with one attached hydrogen (secondary N) is 1. The monoisotopic (exact) mass is 336 g/mol. The molecule has 23 heavy (non-hydrogen) atoms. The van der Waals surface area contributed by atoms with Gasteiger partial charge in [0.15, 0.2) is 5.16 Å². The molecule has 1 unspecified atom stereocenters. The van der Waals surface area contributed by atoms with E-state index in [1.54, 1.807) is 0 Å². The fourth-order valence-electron chi connectivity index (χ4n) is 2.90. The highest BCUT2D eigenvalue weighted by atomic mass is 32.2. The molecule has 6 heteroatoms. The van der Waals surface area contributed by atoms with Crippen LogP contribution in [0.4, 0.5) is 0 Å². The summed E-state index contributed by atoms with van der Waals surface area (Å²) < 4.78 is 2.31. The van der Waals surface area contributed by atoms with Gasteiger partial charge in [-0.2, -0.15) is 0 Å². The average Bonchev–Trinajstić information content (AvgIpc) is 3.44. The molecule has 1 N–H and O–H groups in total. The molecule has 2 fully saturated rings. The Morgan fingerprint density at radius 1 is 1.30 bits per heavy atom. The Kier molecular flexibility index (Phi) is 5.62. The van der Waals surface area contributed by atoms with E-state index in [4.69, 9.17) is 0 Å². The van der Waals surface area contributed by atoms with E-state index in [0.29, 0.717) is 17.7 Å². The van der Waals surface area contributed by atoms with Gasteiger partial charge in [-0.15, -0.1) is 10.2 Å². The zero-order valence-electron chi connectivity index (χ0n) is 14.3. The average molecular weight is 337 g/mol. The largest absolute Gasteiger partial charge is 0.353 e. The number of amides is 1. The van der Waals surface area contributed by atoms with Crippen molar-refractivity contribution in [3.05, 3.63) is 5.82 Å². The number of unbranched alkanes of at least 4 members (excludes halogenated alkanes) is 2. The number of carbonyl (C=O) groups excluding carboxylic acids is 1. The molecule has 0 spiro atoms. The van der Waals surface area contributed by atoms with Crippen molar-refractivity contribution < 1.29 is 4.79 Å². The Bertz CT molecular complexity index is 537. The highest BCUT2D eigenvalue weighted by Crippen LogP contribution is 2.45. The summed E-state index contributed by atoms with van der Waals surface area (Å²) in [4.78, 5) is 12.1. The van der Waals surface area contributed by atoms with Gasteiger partial charge < -0.3 is 9.88 Å². The van der Waals surface area contributed by atoms with E-state index in [9.17, 15) is 4.79 Å². The van der Waals surface area contributed by atoms with Gasteiger partial charge in [-0.3, -0.25) is 4.79 Å². The van der Waals surface area contributed by atoms with Crippen LogP contribution in [0.3, 0.4) is 0 Å². The highest BCUT2D eigenvalue weighted by molar-refractivity contribution is 7.99. The quantitative estimate of drug-likeness (QED) is 0.523. The molecular formula is C17H28N4OS. The van der Waals surface area contributed by atoms with Gasteiger partial charge in [0.25, 0.3) is 0 Å². The molecule has 0 bridgehead atoms. The number of nitrogens with zero attached hydrogens (tertiary/aromatic N) is 3. The van der Waals surface area contributed by atoms with Crippen molar-refractivity contribution in [2.24, 2.45) is 0 Å². The predicted molar refractivity (Wildman–Crippen MR) is 92.7 cm³/mol. The summed E-state index contributed by atoms with van der Waals surface area (Å²) in [7, 11) is 0. The lowest BCUT2D eigenvalue weighted by molar-refractivity contribution is -0.119. The molecule has 0 radical (unpaired) electrons. The standard InChI is InChI=1S/C17H28N4OS/c1-3-4-5-6-12(2)18-15(22)11-23-17-20-19-16(13-7-8-13)21(17)14-9-10-14/h12-14H,3-11H2,1-2H3,(H,18,22). The lowest BCUT2D eigenvalue weighted by atomic mass is 10.1. The minimum Gasteiger partial charge on any atom is -0.353 e. The molecule has 3 rings (SSSR count). The first-order valence-electron chi connectivity index (χ1n) is 9.06. The number of carbonyl (C=O) groups is 1. The number of rotatable bonds is 10. The molecule has 1 heterocycles. The number of hydrogen-bond acceptors (Lipinski definition) is 4. The fourth-order valence-corrected chi connectivity index (χ4v) is 3.73. The third-order valence-corrected chi connectivity index (χ3v) is 5.47. The third-order valence-electron chi connectivity index (χ3n) is 4.53. The summed E-state index contributed by atoms with van der Waals surface area (Å²) in [5, 5.41) is 12.8. The van der Waals surface area contributed by atoms with Gasteiger partial charge >= 0.3 is 0 Å². The van der Waals surface area contributed by atoms with Crippen LogP contribution in [0.2, 0.25) is 0 Å². The van der Waals surface area contributed by atoms with Gasteiger partial charge in [0.2, 0.25) is 5.91 Å². The van der Waals surface area contributed by atoms with Crippen LogP contribution in [0.15, 0.2) is 5.16 Å². The second kappa shape index (κ2) is 7.69. The van der Waals surface area contributed by atoms with Gasteiger partial charge in [-0.05, 0) is 39.0 Å².